The van der Waals surface area contributed by atoms with Gasteiger partial charge in [0.1, 0.15) is 17.6 Å². The second-order valence-corrected chi connectivity index (χ2v) is 9.65. The van der Waals surface area contributed by atoms with E-state index in [-0.39, 0.29) is 24.4 Å². The lowest BCUT2D eigenvalue weighted by molar-refractivity contribution is -0.116. The van der Waals surface area contributed by atoms with Gasteiger partial charge in [0.25, 0.3) is 0 Å². The molecule has 4 aromatic rings. The molecule has 39 heavy (non-hydrogen) atoms. The number of carbonyl (C=O) groups excluding carboxylic acids is 2. The fourth-order valence-electron chi connectivity index (χ4n) is 4.71. The van der Waals surface area contributed by atoms with Crippen LogP contribution in [-0.4, -0.2) is 40.5 Å². The molecule has 1 amide bonds. The van der Waals surface area contributed by atoms with Gasteiger partial charge in [-0.25, -0.2) is 4.79 Å². The number of aryl methyl sites for hydroxylation is 1. The molecule has 0 unspecified atom stereocenters. The zero-order valence-corrected chi connectivity index (χ0v) is 22.4. The smallest absolute Gasteiger partial charge is 0.337 e. The van der Waals surface area contributed by atoms with E-state index in [1.807, 2.05) is 72.5 Å². The third-order valence-electron chi connectivity index (χ3n) is 6.57. The fourth-order valence-corrected chi connectivity index (χ4v) is 5.04. The van der Waals surface area contributed by atoms with Gasteiger partial charge in [0, 0.05) is 30.4 Å². The molecular formula is C30H28N4O4S. The van der Waals surface area contributed by atoms with E-state index >= 15 is 0 Å². The molecule has 1 aliphatic rings. The highest BCUT2D eigenvalue weighted by Crippen LogP contribution is 2.40. The van der Waals surface area contributed by atoms with Crippen molar-refractivity contribution < 1.29 is 18.7 Å². The van der Waals surface area contributed by atoms with Crippen molar-refractivity contribution in [2.45, 2.75) is 25.4 Å². The molecule has 9 heteroatoms. The molecule has 2 atom stereocenters. The summed E-state index contributed by atoms with van der Waals surface area (Å²) in [6.45, 7) is 2.36. The van der Waals surface area contributed by atoms with Crippen molar-refractivity contribution in [2.75, 3.05) is 19.0 Å². The van der Waals surface area contributed by atoms with Crippen molar-refractivity contribution in [1.29, 1.82) is 0 Å². The Morgan fingerprint density at radius 1 is 1.08 bits per heavy atom. The number of methoxy groups -OCH3 is 1. The minimum atomic E-state index is -0.417. The van der Waals surface area contributed by atoms with Crippen LogP contribution in [0.4, 0.5) is 5.69 Å². The Kier molecular flexibility index (Phi) is 7.69. The molecule has 2 aromatic heterocycles. The standard InChI is InChI=1S/C30H28N4O4S/c1-19-7-5-10-22(17-19)32-26(35)14-16-34-28(27(33-30(34)39)23-11-3-4-15-31-23)25-13-12-24(38-25)20-8-6-9-21(18-20)29(36)37-2/h3-13,15,17-18,27-28H,14,16H2,1-2H3,(H,32,35)(H,33,39)/t27-,28-/m1/s1. The van der Waals surface area contributed by atoms with Crippen LogP contribution in [0.5, 0.6) is 0 Å². The Morgan fingerprint density at radius 3 is 2.69 bits per heavy atom. The highest BCUT2D eigenvalue weighted by atomic mass is 32.1. The van der Waals surface area contributed by atoms with Crippen LogP contribution in [0, 0.1) is 6.92 Å². The molecule has 0 bridgehead atoms. The molecule has 0 radical (unpaired) electrons. The number of rotatable bonds is 8. The van der Waals surface area contributed by atoms with E-state index in [2.05, 4.69) is 15.6 Å². The first-order chi connectivity index (χ1) is 18.9. The monoisotopic (exact) mass is 540 g/mol. The number of nitrogens with one attached hydrogen (secondary N) is 2. The van der Waals surface area contributed by atoms with Crippen molar-refractivity contribution in [1.82, 2.24) is 15.2 Å². The van der Waals surface area contributed by atoms with Crippen molar-refractivity contribution in [3.8, 4) is 11.3 Å². The van der Waals surface area contributed by atoms with Gasteiger partial charge in [-0.2, -0.15) is 0 Å². The molecule has 5 rings (SSSR count). The first kappa shape index (κ1) is 26.1. The van der Waals surface area contributed by atoms with Crippen LogP contribution in [0.15, 0.2) is 89.5 Å². The number of benzene rings is 2. The number of hydrogen-bond acceptors (Lipinski definition) is 6. The lowest BCUT2D eigenvalue weighted by Gasteiger charge is -2.25. The van der Waals surface area contributed by atoms with Gasteiger partial charge in [-0.05, 0) is 73.2 Å². The van der Waals surface area contributed by atoms with Crippen LogP contribution in [0.25, 0.3) is 11.3 Å². The van der Waals surface area contributed by atoms with Gasteiger partial charge < -0.3 is 24.7 Å². The van der Waals surface area contributed by atoms with Crippen molar-refractivity contribution >= 4 is 34.9 Å². The minimum absolute atomic E-state index is 0.108. The lowest BCUT2D eigenvalue weighted by atomic mass is 10.0. The number of furan rings is 1. The van der Waals surface area contributed by atoms with Gasteiger partial charge in [-0.15, -0.1) is 0 Å². The molecule has 0 aliphatic carbocycles. The van der Waals surface area contributed by atoms with Crippen LogP contribution in [-0.2, 0) is 9.53 Å². The Hall–Kier alpha value is -4.50. The maximum Gasteiger partial charge on any atom is 0.337 e. The molecule has 8 nitrogen and oxygen atoms in total. The van der Waals surface area contributed by atoms with E-state index in [1.54, 1.807) is 24.4 Å². The SMILES string of the molecule is COC(=O)c1cccc(-c2ccc([C@@H]3[C@@H](c4ccccn4)NC(=S)N3CCC(=O)Nc3cccc(C)c3)o2)c1. The summed E-state index contributed by atoms with van der Waals surface area (Å²) in [7, 11) is 1.35. The Bertz CT molecular complexity index is 1500. The van der Waals surface area contributed by atoms with Crippen LogP contribution in [0.2, 0.25) is 0 Å². The maximum atomic E-state index is 12.8. The lowest BCUT2D eigenvalue weighted by Crippen LogP contribution is -2.32. The molecule has 1 aliphatic heterocycles. The summed E-state index contributed by atoms with van der Waals surface area (Å²) in [4.78, 5) is 31.4. The highest BCUT2D eigenvalue weighted by molar-refractivity contribution is 7.80. The van der Waals surface area contributed by atoms with E-state index in [0.29, 0.717) is 28.7 Å². The van der Waals surface area contributed by atoms with E-state index in [1.165, 1.54) is 7.11 Å². The number of pyridine rings is 1. The van der Waals surface area contributed by atoms with E-state index in [4.69, 9.17) is 21.4 Å². The van der Waals surface area contributed by atoms with Crippen molar-refractivity contribution in [3.63, 3.8) is 0 Å². The summed E-state index contributed by atoms with van der Waals surface area (Å²) >= 11 is 5.72. The van der Waals surface area contributed by atoms with Crippen molar-refractivity contribution in [2.24, 2.45) is 0 Å². The summed E-state index contributed by atoms with van der Waals surface area (Å²) in [5, 5.41) is 6.85. The molecule has 2 N–H and O–H groups in total. The molecule has 0 saturated carbocycles. The number of thiocarbonyl (C=S) groups is 1. The topological polar surface area (TPSA) is 96.7 Å². The van der Waals surface area contributed by atoms with Crippen LogP contribution in [0.3, 0.4) is 0 Å². The number of ether oxygens (including phenoxy) is 1. The highest BCUT2D eigenvalue weighted by Gasteiger charge is 2.41. The fraction of sp³-hybridized carbons (Fsp3) is 0.200. The summed E-state index contributed by atoms with van der Waals surface area (Å²) in [5.41, 5.74) is 3.82. The number of aromatic nitrogens is 1. The van der Waals surface area contributed by atoms with Crippen LogP contribution in [0.1, 0.15) is 45.9 Å². The normalized spacial score (nSPS) is 16.6. The van der Waals surface area contributed by atoms with E-state index in [0.717, 1.165) is 22.5 Å². The summed E-state index contributed by atoms with van der Waals surface area (Å²) in [6, 6.07) is 23.6. The average molecular weight is 541 g/mol. The molecule has 1 saturated heterocycles. The second kappa shape index (κ2) is 11.5. The average Bonchev–Trinajstić information content (AvgIpc) is 3.56. The Morgan fingerprint density at radius 2 is 1.92 bits per heavy atom. The summed E-state index contributed by atoms with van der Waals surface area (Å²) < 4.78 is 11.2. The number of amides is 1. The van der Waals surface area contributed by atoms with Crippen LogP contribution >= 0.6 is 12.2 Å². The van der Waals surface area contributed by atoms with E-state index < -0.39 is 5.97 Å². The first-order valence-corrected chi connectivity index (χ1v) is 13.0. The first-order valence-electron chi connectivity index (χ1n) is 12.6. The number of hydrogen-bond donors (Lipinski definition) is 2. The summed E-state index contributed by atoms with van der Waals surface area (Å²) in [6.07, 6.45) is 1.97. The second-order valence-electron chi connectivity index (χ2n) is 9.26. The largest absolute Gasteiger partial charge is 0.465 e. The molecule has 3 heterocycles. The number of nitrogens with zero attached hydrogens (tertiary/aromatic N) is 2. The summed E-state index contributed by atoms with van der Waals surface area (Å²) in [5.74, 6) is 0.739. The number of carbonyl (C=O) groups is 2. The molecule has 2 aromatic carbocycles. The van der Waals surface area contributed by atoms with Gasteiger partial charge in [0.15, 0.2) is 5.11 Å². The van der Waals surface area contributed by atoms with Gasteiger partial charge in [-0.1, -0.05) is 30.3 Å². The van der Waals surface area contributed by atoms with Gasteiger partial charge in [-0.3, -0.25) is 9.78 Å². The van der Waals surface area contributed by atoms with Gasteiger partial charge in [0.2, 0.25) is 5.91 Å². The number of esters is 1. The minimum Gasteiger partial charge on any atom is -0.465 e. The zero-order valence-electron chi connectivity index (χ0n) is 21.6. The molecular weight excluding hydrogens is 512 g/mol. The molecule has 0 spiro atoms. The zero-order chi connectivity index (χ0) is 27.4. The number of anilines is 1. The molecule has 1 fully saturated rings. The predicted molar refractivity (Wildman–Crippen MR) is 152 cm³/mol. The van der Waals surface area contributed by atoms with E-state index in [9.17, 15) is 9.59 Å². The Labute approximate surface area is 232 Å². The van der Waals surface area contributed by atoms with Crippen molar-refractivity contribution in [3.05, 3.63) is 108 Å². The third-order valence-corrected chi connectivity index (χ3v) is 6.92. The quantitative estimate of drug-likeness (QED) is 0.225. The predicted octanol–water partition coefficient (Wildman–Crippen LogP) is 5.44. The Balaban J connectivity index is 1.41. The van der Waals surface area contributed by atoms with Gasteiger partial charge in [0.05, 0.1) is 24.4 Å². The maximum absolute atomic E-state index is 12.8. The van der Waals surface area contributed by atoms with Crippen LogP contribution < -0.4 is 10.6 Å². The third kappa shape index (κ3) is 5.83. The van der Waals surface area contributed by atoms with Gasteiger partial charge >= 0.3 is 5.97 Å². The molecule has 198 valence electrons.